The average molecular weight is 1290 g/mol. The zero-order chi connectivity index (χ0) is 66.2. The first kappa shape index (κ1) is 87.9. The van der Waals surface area contributed by atoms with Crippen LogP contribution in [0.1, 0.15) is 341 Å². The van der Waals surface area contributed by atoms with Gasteiger partial charge in [0.15, 0.2) is 0 Å². The monoisotopic (exact) mass is 1290 g/mol. The molecule has 0 fully saturated rings. The lowest BCUT2D eigenvalue weighted by Gasteiger charge is -2.26. The van der Waals surface area contributed by atoms with Gasteiger partial charge in [0.05, 0.1) is 39.9 Å². The molecule has 0 saturated heterocycles. The van der Waals surface area contributed by atoms with Crippen LogP contribution in [0.3, 0.4) is 0 Å². The minimum Gasteiger partial charge on any atom is -0.391 e. The van der Waals surface area contributed by atoms with Crippen molar-refractivity contribution in [3.8, 4) is 0 Å². The van der Waals surface area contributed by atoms with Gasteiger partial charge in [-0.15, -0.1) is 0 Å². The summed E-state index contributed by atoms with van der Waals surface area (Å²) in [7, 11) is 1.61. The Morgan fingerprint density at radius 3 is 0.967 bits per heavy atom. The molecule has 1 amide bonds. The Balaban J connectivity index is 4.05. The summed E-state index contributed by atoms with van der Waals surface area (Å²) < 4.78 is 23.9. The van der Waals surface area contributed by atoms with Crippen molar-refractivity contribution in [3.05, 3.63) is 122 Å². The quantitative estimate of drug-likeness (QED) is 0.0243. The van der Waals surface area contributed by atoms with E-state index in [9.17, 15) is 19.4 Å². The Kier molecular flexibility index (Phi) is 68.8. The highest BCUT2D eigenvalue weighted by molar-refractivity contribution is 7.47. The summed E-state index contributed by atoms with van der Waals surface area (Å²) in [4.78, 5) is 23.5. The zero-order valence-corrected chi connectivity index (χ0v) is 61.2. The first-order chi connectivity index (χ1) is 44.5. The van der Waals surface area contributed by atoms with Crippen LogP contribution in [0.5, 0.6) is 0 Å². The maximum absolute atomic E-state index is 13.1. The molecule has 3 N–H and O–H groups in total. The fourth-order valence-electron chi connectivity index (χ4n) is 11.1. The average Bonchev–Trinajstić information content (AvgIpc) is 3.59. The van der Waals surface area contributed by atoms with Gasteiger partial charge in [-0.25, -0.2) is 4.57 Å². The summed E-state index contributed by atoms with van der Waals surface area (Å²) in [6, 6.07) is -0.773. The van der Waals surface area contributed by atoms with E-state index in [1.807, 2.05) is 21.1 Å². The van der Waals surface area contributed by atoms with Gasteiger partial charge >= 0.3 is 7.82 Å². The Labute approximate surface area is 564 Å². The Hall–Kier alpha value is -3.10. The van der Waals surface area contributed by atoms with Gasteiger partial charge in [-0.3, -0.25) is 13.8 Å². The molecule has 0 saturated carbocycles. The van der Waals surface area contributed by atoms with E-state index in [0.29, 0.717) is 23.9 Å². The number of phosphoric acid groups is 1. The maximum atomic E-state index is 13.1. The van der Waals surface area contributed by atoms with Crippen molar-refractivity contribution < 1.29 is 32.9 Å². The molecule has 91 heavy (non-hydrogen) atoms. The topological polar surface area (TPSA) is 105 Å². The van der Waals surface area contributed by atoms with Gasteiger partial charge < -0.3 is 19.8 Å². The van der Waals surface area contributed by atoms with Gasteiger partial charge in [0, 0.05) is 6.42 Å². The number of unbranched alkanes of at least 4 members (excludes halogenated alkanes) is 37. The van der Waals surface area contributed by atoms with Crippen molar-refractivity contribution in [2.75, 3.05) is 40.9 Å². The number of rotatable bonds is 70. The molecule has 9 heteroatoms. The fourth-order valence-corrected chi connectivity index (χ4v) is 11.8. The SMILES string of the molecule is CC/C=C\C/C=C\C/C=C\C/C=C\C/C=C\C/C=C\C/C=C\C/C=C\C/C=C\C/C=C\CCCCCCCCCCCCC(=O)NC(COP(=O)(O)OCC[N+](C)(C)C)C(O)CCCCCCCCCCCCCCCCCCCCCCCCCCCCCC. The third kappa shape index (κ3) is 74.2. The van der Waals surface area contributed by atoms with Crippen molar-refractivity contribution in [2.24, 2.45) is 0 Å². The van der Waals surface area contributed by atoms with Crippen LogP contribution in [0.2, 0.25) is 0 Å². The first-order valence-electron chi connectivity index (χ1n) is 38.4. The number of hydrogen-bond donors (Lipinski definition) is 3. The highest BCUT2D eigenvalue weighted by Gasteiger charge is 2.28. The van der Waals surface area contributed by atoms with E-state index in [-0.39, 0.29) is 19.1 Å². The number of hydrogen-bond acceptors (Lipinski definition) is 5. The summed E-state index contributed by atoms with van der Waals surface area (Å²) in [6.07, 6.45) is 106. The Bertz CT molecular complexity index is 1900. The van der Waals surface area contributed by atoms with E-state index in [4.69, 9.17) is 9.05 Å². The molecule has 0 radical (unpaired) electrons. The van der Waals surface area contributed by atoms with Crippen LogP contribution < -0.4 is 5.32 Å². The molecule has 8 nitrogen and oxygen atoms in total. The second kappa shape index (κ2) is 71.2. The molecule has 0 aliphatic rings. The van der Waals surface area contributed by atoms with Crippen LogP contribution in [-0.2, 0) is 18.4 Å². The van der Waals surface area contributed by atoms with Crippen LogP contribution in [0, 0.1) is 0 Å². The molecule has 0 aromatic heterocycles. The van der Waals surface area contributed by atoms with Crippen LogP contribution in [0.25, 0.3) is 0 Å². The number of allylic oxidation sites excluding steroid dienone is 20. The summed E-state index contributed by atoms with van der Waals surface area (Å²) in [5, 5.41) is 14.2. The number of quaternary nitrogens is 1. The number of carbonyl (C=O) groups is 1. The number of carbonyl (C=O) groups excluding carboxylic acids is 1. The third-order valence-corrected chi connectivity index (χ3v) is 18.0. The van der Waals surface area contributed by atoms with Crippen molar-refractivity contribution in [2.45, 2.75) is 353 Å². The fraction of sp³-hybridized carbons (Fsp3) is 0.744. The predicted octanol–water partition coefficient (Wildman–Crippen LogP) is 25.2. The smallest absolute Gasteiger partial charge is 0.391 e. The molecule has 0 aliphatic carbocycles. The summed E-state index contributed by atoms with van der Waals surface area (Å²) in [5.41, 5.74) is 0. The number of nitrogens with one attached hydrogen (secondary N) is 1. The van der Waals surface area contributed by atoms with Crippen LogP contribution in [0.15, 0.2) is 122 Å². The number of nitrogens with zero attached hydrogens (tertiary/aromatic N) is 1. The summed E-state index contributed by atoms with van der Waals surface area (Å²) in [6.45, 7) is 4.80. The molecule has 0 rings (SSSR count). The van der Waals surface area contributed by atoms with Crippen LogP contribution in [-0.4, -0.2) is 73.4 Å². The lowest BCUT2D eigenvalue weighted by atomic mass is 10.0. The third-order valence-electron chi connectivity index (χ3n) is 17.0. The van der Waals surface area contributed by atoms with Gasteiger partial charge in [-0.05, 0) is 89.9 Å². The standard InChI is InChI=1S/C82H147N2O6P/c1-6-8-10-12-14-16-18-20-22-24-26-28-30-32-34-36-37-38-39-40-41-42-43-44-45-46-47-48-50-52-54-56-58-60-62-64-66-68-70-72-74-76-82(86)83-80(79-90-91(87,88)89-78-77-84(3,4)5)81(85)75-73-71-69-67-65-63-61-59-57-55-53-51-49-35-33-31-29-27-25-23-21-19-17-15-13-11-9-7-2/h8,10,14,16,20,22,26,28,32,34,37-38,40-41,43-44,46-47,50,52,80-81,85H,6-7,9,11-13,15,17-19,21,23-25,27,29-31,33,35-36,39,42,45,48-49,51,53-79H2,1-5H3,(H-,83,86,87,88)/p+1/b10-8-,16-14-,22-20-,28-26-,34-32-,38-37-,41-40-,44-43-,47-46-,52-50-. The highest BCUT2D eigenvalue weighted by Crippen LogP contribution is 2.43. The first-order valence-corrected chi connectivity index (χ1v) is 39.9. The molecule has 0 spiro atoms. The second-order valence-electron chi connectivity index (χ2n) is 27.0. The molecular weight excluding hydrogens is 1140 g/mol. The lowest BCUT2D eigenvalue weighted by molar-refractivity contribution is -0.870. The minimum atomic E-state index is -4.34. The number of amides is 1. The van der Waals surface area contributed by atoms with Gasteiger partial charge in [0.2, 0.25) is 5.91 Å². The molecule has 0 aromatic rings. The van der Waals surface area contributed by atoms with Gasteiger partial charge in [0.25, 0.3) is 0 Å². The molecular formula is C82H148N2O6P+. The summed E-state index contributed by atoms with van der Waals surface area (Å²) in [5.74, 6) is -0.149. The van der Waals surface area contributed by atoms with E-state index in [0.717, 1.165) is 109 Å². The van der Waals surface area contributed by atoms with E-state index < -0.39 is 20.0 Å². The molecule has 526 valence electrons. The molecule has 3 unspecified atom stereocenters. The Morgan fingerprint density at radius 1 is 0.385 bits per heavy atom. The van der Waals surface area contributed by atoms with E-state index in [1.165, 1.54) is 205 Å². The number of aliphatic hydroxyl groups excluding tert-OH is 1. The number of aliphatic hydroxyl groups is 1. The number of phosphoric ester groups is 1. The largest absolute Gasteiger partial charge is 0.472 e. The minimum absolute atomic E-state index is 0.0697. The van der Waals surface area contributed by atoms with Gasteiger partial charge in [-0.1, -0.05) is 367 Å². The van der Waals surface area contributed by atoms with Crippen LogP contribution >= 0.6 is 7.82 Å². The predicted molar refractivity (Wildman–Crippen MR) is 401 cm³/mol. The molecule has 0 heterocycles. The Morgan fingerprint density at radius 2 is 0.659 bits per heavy atom. The molecule has 0 aromatic carbocycles. The summed E-state index contributed by atoms with van der Waals surface area (Å²) >= 11 is 0. The normalized spacial score (nSPS) is 14.2. The lowest BCUT2D eigenvalue weighted by Crippen LogP contribution is -2.46. The van der Waals surface area contributed by atoms with Crippen molar-refractivity contribution in [3.63, 3.8) is 0 Å². The maximum Gasteiger partial charge on any atom is 0.472 e. The van der Waals surface area contributed by atoms with Crippen molar-refractivity contribution in [1.82, 2.24) is 5.32 Å². The van der Waals surface area contributed by atoms with E-state index in [2.05, 4.69) is 141 Å². The van der Waals surface area contributed by atoms with Crippen LogP contribution in [0.4, 0.5) is 0 Å². The second-order valence-corrected chi connectivity index (χ2v) is 28.5. The number of likely N-dealkylation sites (N-methyl/N-ethyl adjacent to an activating group) is 1. The van der Waals surface area contributed by atoms with E-state index in [1.54, 1.807) is 0 Å². The highest BCUT2D eigenvalue weighted by atomic mass is 31.2. The van der Waals surface area contributed by atoms with Gasteiger partial charge in [-0.2, -0.15) is 0 Å². The molecule has 0 aliphatic heterocycles. The van der Waals surface area contributed by atoms with Crippen molar-refractivity contribution >= 4 is 13.7 Å². The zero-order valence-electron chi connectivity index (χ0n) is 60.3. The van der Waals surface area contributed by atoms with Crippen molar-refractivity contribution in [1.29, 1.82) is 0 Å². The molecule has 0 bridgehead atoms. The van der Waals surface area contributed by atoms with E-state index >= 15 is 0 Å². The molecule has 3 atom stereocenters. The van der Waals surface area contributed by atoms with Gasteiger partial charge in [0.1, 0.15) is 13.2 Å².